The summed E-state index contributed by atoms with van der Waals surface area (Å²) in [6.45, 7) is 7.36. The summed E-state index contributed by atoms with van der Waals surface area (Å²) in [5.41, 5.74) is 6.79. The van der Waals surface area contributed by atoms with Gasteiger partial charge < -0.3 is 15.2 Å². The molecule has 0 aliphatic rings. The molecule has 0 amide bonds. The lowest BCUT2D eigenvalue weighted by Crippen LogP contribution is -2.30. The lowest BCUT2D eigenvalue weighted by Gasteiger charge is -2.23. The zero-order valence-electron chi connectivity index (χ0n) is 10.5. The summed E-state index contributed by atoms with van der Waals surface area (Å²) in [6, 6.07) is 5.90. The second kappa shape index (κ2) is 5.21. The molecule has 0 unspecified atom stereocenters. The normalized spacial score (nSPS) is 11.3. The van der Waals surface area contributed by atoms with Crippen molar-refractivity contribution in [3.8, 4) is 11.5 Å². The van der Waals surface area contributed by atoms with Crippen LogP contribution in [-0.4, -0.2) is 20.3 Å². The van der Waals surface area contributed by atoms with Crippen LogP contribution in [0.25, 0.3) is 0 Å². The molecule has 1 aromatic rings. The number of methoxy groups -OCH3 is 1. The first kappa shape index (κ1) is 12.8. The fourth-order valence-corrected chi connectivity index (χ4v) is 1.23. The molecule has 2 N–H and O–H groups in total. The summed E-state index contributed by atoms with van der Waals surface area (Å²) in [5, 5.41) is 0. The Morgan fingerprint density at radius 1 is 1.25 bits per heavy atom. The van der Waals surface area contributed by atoms with E-state index in [0.29, 0.717) is 13.2 Å². The van der Waals surface area contributed by atoms with E-state index in [0.717, 1.165) is 17.1 Å². The number of aryl methyl sites for hydroxylation is 1. The second-order valence-electron chi connectivity index (χ2n) is 4.81. The number of rotatable bonds is 5. The summed E-state index contributed by atoms with van der Waals surface area (Å²) in [4.78, 5) is 0. The molecule has 0 heterocycles. The zero-order valence-corrected chi connectivity index (χ0v) is 10.5. The number of hydrogen-bond acceptors (Lipinski definition) is 3. The fraction of sp³-hybridized carbons (Fsp3) is 0.538. The maximum Gasteiger partial charge on any atom is 0.161 e. The average Bonchev–Trinajstić information content (AvgIpc) is 2.27. The Kier molecular flexibility index (Phi) is 4.19. The predicted molar refractivity (Wildman–Crippen MR) is 66.1 cm³/mol. The molecule has 0 aliphatic carbocycles. The minimum atomic E-state index is -0.0180. The SMILES string of the molecule is COc1cc(C)ccc1OCC(C)(C)CN. The Morgan fingerprint density at radius 2 is 1.94 bits per heavy atom. The van der Waals surface area contributed by atoms with E-state index in [2.05, 4.69) is 13.8 Å². The van der Waals surface area contributed by atoms with Crippen LogP contribution in [0, 0.1) is 12.3 Å². The molecule has 0 saturated carbocycles. The maximum absolute atomic E-state index is 5.73. The molecule has 0 aromatic heterocycles. The standard InChI is InChI=1S/C13H21NO2/c1-10-5-6-11(12(7-10)15-4)16-9-13(2,3)8-14/h5-7H,8-9,14H2,1-4H3. The summed E-state index contributed by atoms with van der Waals surface area (Å²) in [5.74, 6) is 1.54. The molecule has 1 aromatic carbocycles. The van der Waals surface area contributed by atoms with Crippen LogP contribution in [0.1, 0.15) is 19.4 Å². The van der Waals surface area contributed by atoms with E-state index < -0.39 is 0 Å². The van der Waals surface area contributed by atoms with Crippen molar-refractivity contribution in [2.45, 2.75) is 20.8 Å². The van der Waals surface area contributed by atoms with Crippen LogP contribution < -0.4 is 15.2 Å². The molecular weight excluding hydrogens is 202 g/mol. The van der Waals surface area contributed by atoms with Gasteiger partial charge in [-0.1, -0.05) is 19.9 Å². The predicted octanol–water partition coefficient (Wildman–Crippen LogP) is 2.37. The second-order valence-corrected chi connectivity index (χ2v) is 4.81. The van der Waals surface area contributed by atoms with Crippen molar-refractivity contribution < 1.29 is 9.47 Å². The van der Waals surface area contributed by atoms with Crippen molar-refractivity contribution in [3.63, 3.8) is 0 Å². The summed E-state index contributed by atoms with van der Waals surface area (Å²) >= 11 is 0. The van der Waals surface area contributed by atoms with Crippen molar-refractivity contribution >= 4 is 0 Å². The molecule has 0 saturated heterocycles. The van der Waals surface area contributed by atoms with Gasteiger partial charge in [-0.2, -0.15) is 0 Å². The number of nitrogens with two attached hydrogens (primary N) is 1. The molecule has 3 heteroatoms. The van der Waals surface area contributed by atoms with Crippen molar-refractivity contribution in [3.05, 3.63) is 23.8 Å². The van der Waals surface area contributed by atoms with Crippen LogP contribution in [0.3, 0.4) is 0 Å². The highest BCUT2D eigenvalue weighted by Crippen LogP contribution is 2.29. The van der Waals surface area contributed by atoms with Crippen molar-refractivity contribution in [1.82, 2.24) is 0 Å². The highest BCUT2D eigenvalue weighted by molar-refractivity contribution is 5.42. The third-order valence-electron chi connectivity index (χ3n) is 2.49. The van der Waals surface area contributed by atoms with E-state index >= 15 is 0 Å². The maximum atomic E-state index is 5.73. The van der Waals surface area contributed by atoms with Crippen LogP contribution >= 0.6 is 0 Å². The van der Waals surface area contributed by atoms with Crippen molar-refractivity contribution in [2.75, 3.05) is 20.3 Å². The zero-order chi connectivity index (χ0) is 12.2. The number of ether oxygens (including phenoxy) is 2. The highest BCUT2D eigenvalue weighted by Gasteiger charge is 2.17. The van der Waals surface area contributed by atoms with E-state index in [-0.39, 0.29) is 5.41 Å². The van der Waals surface area contributed by atoms with Crippen LogP contribution in [0.2, 0.25) is 0 Å². The summed E-state index contributed by atoms with van der Waals surface area (Å²) in [6.07, 6.45) is 0. The minimum Gasteiger partial charge on any atom is -0.493 e. The Bertz CT molecular complexity index is 348. The van der Waals surface area contributed by atoms with Gasteiger partial charge in [-0.05, 0) is 24.6 Å². The third-order valence-corrected chi connectivity index (χ3v) is 2.49. The minimum absolute atomic E-state index is 0.0180. The van der Waals surface area contributed by atoms with E-state index in [1.165, 1.54) is 0 Å². The first-order valence-electron chi connectivity index (χ1n) is 5.46. The first-order chi connectivity index (χ1) is 7.48. The molecule has 1 rings (SSSR count). The monoisotopic (exact) mass is 223 g/mol. The molecule has 3 nitrogen and oxygen atoms in total. The molecule has 0 fully saturated rings. The summed E-state index contributed by atoms with van der Waals surface area (Å²) in [7, 11) is 1.65. The Hall–Kier alpha value is -1.22. The smallest absolute Gasteiger partial charge is 0.161 e. The van der Waals surface area contributed by atoms with Gasteiger partial charge in [0.15, 0.2) is 11.5 Å². The first-order valence-corrected chi connectivity index (χ1v) is 5.46. The summed E-state index contributed by atoms with van der Waals surface area (Å²) < 4.78 is 11.0. The van der Waals surface area contributed by atoms with Gasteiger partial charge in [-0.3, -0.25) is 0 Å². The lowest BCUT2D eigenvalue weighted by atomic mass is 9.95. The molecule has 0 aliphatic heterocycles. The Morgan fingerprint density at radius 3 is 2.50 bits per heavy atom. The Labute approximate surface area is 97.6 Å². The number of hydrogen-bond donors (Lipinski definition) is 1. The molecule has 0 bridgehead atoms. The number of benzene rings is 1. The van der Waals surface area contributed by atoms with E-state index in [4.69, 9.17) is 15.2 Å². The van der Waals surface area contributed by atoms with Gasteiger partial charge in [0.25, 0.3) is 0 Å². The van der Waals surface area contributed by atoms with Gasteiger partial charge in [0.1, 0.15) is 0 Å². The van der Waals surface area contributed by atoms with E-state index in [1.54, 1.807) is 7.11 Å². The van der Waals surface area contributed by atoms with Gasteiger partial charge in [0.2, 0.25) is 0 Å². The van der Waals surface area contributed by atoms with Gasteiger partial charge in [0.05, 0.1) is 13.7 Å². The lowest BCUT2D eigenvalue weighted by molar-refractivity contribution is 0.181. The van der Waals surface area contributed by atoms with Crippen molar-refractivity contribution in [1.29, 1.82) is 0 Å². The quantitative estimate of drug-likeness (QED) is 0.833. The molecule has 90 valence electrons. The molecular formula is C13H21NO2. The van der Waals surface area contributed by atoms with Gasteiger partial charge in [0, 0.05) is 12.0 Å². The fourth-order valence-electron chi connectivity index (χ4n) is 1.23. The van der Waals surface area contributed by atoms with Crippen LogP contribution in [0.4, 0.5) is 0 Å². The highest BCUT2D eigenvalue weighted by atomic mass is 16.5. The largest absolute Gasteiger partial charge is 0.493 e. The van der Waals surface area contributed by atoms with Gasteiger partial charge in [-0.15, -0.1) is 0 Å². The van der Waals surface area contributed by atoms with Gasteiger partial charge in [-0.25, -0.2) is 0 Å². The van der Waals surface area contributed by atoms with Crippen molar-refractivity contribution in [2.24, 2.45) is 11.1 Å². The molecule has 0 spiro atoms. The van der Waals surface area contributed by atoms with Crippen LogP contribution in [0.5, 0.6) is 11.5 Å². The topological polar surface area (TPSA) is 44.5 Å². The molecule has 0 atom stereocenters. The molecule has 0 radical (unpaired) electrons. The van der Waals surface area contributed by atoms with E-state index in [1.807, 2.05) is 25.1 Å². The van der Waals surface area contributed by atoms with Gasteiger partial charge >= 0.3 is 0 Å². The van der Waals surface area contributed by atoms with Crippen LogP contribution in [0.15, 0.2) is 18.2 Å². The average molecular weight is 223 g/mol. The Balaban J connectivity index is 2.74. The van der Waals surface area contributed by atoms with E-state index in [9.17, 15) is 0 Å². The van der Waals surface area contributed by atoms with Crippen LogP contribution in [-0.2, 0) is 0 Å². The molecule has 16 heavy (non-hydrogen) atoms. The third kappa shape index (κ3) is 3.42.